The van der Waals surface area contributed by atoms with E-state index in [0.29, 0.717) is 19.4 Å². The third kappa shape index (κ3) is 10.6. The number of fused-ring (bicyclic) bond motifs is 1. The Bertz CT molecular complexity index is 1430. The van der Waals surface area contributed by atoms with Gasteiger partial charge in [-0.25, -0.2) is 0 Å². The van der Waals surface area contributed by atoms with Crippen molar-refractivity contribution in [3.8, 4) is 0 Å². The molecule has 4 amide bonds. The molecule has 5 rings (SSSR count). The number of aryl methyl sites for hydroxylation is 2. The minimum absolute atomic E-state index is 0.0558. The second-order valence-electron chi connectivity index (χ2n) is 15.4. The average Bonchev–Trinajstić information content (AvgIpc) is 3.08. The van der Waals surface area contributed by atoms with Gasteiger partial charge in [0, 0.05) is 12.5 Å². The van der Waals surface area contributed by atoms with E-state index in [4.69, 9.17) is 4.74 Å². The molecular formula is C39H55N5O5. The Morgan fingerprint density at radius 3 is 2.27 bits per heavy atom. The summed E-state index contributed by atoms with van der Waals surface area (Å²) in [5.74, 6) is -1.15. The third-order valence-electron chi connectivity index (χ3n) is 9.89. The summed E-state index contributed by atoms with van der Waals surface area (Å²) in [6.07, 6.45) is 8.42. The van der Waals surface area contributed by atoms with Crippen LogP contribution in [0.25, 0.3) is 0 Å². The lowest BCUT2D eigenvalue weighted by molar-refractivity contribution is -0.146. The van der Waals surface area contributed by atoms with Crippen LogP contribution in [0.1, 0.15) is 101 Å². The standard InChI is InChI=1S/C39H55N5O5/c1-38(2,3)24-40-34(45)23-33(43-39(25-49-26-39)44-35(46)29-16-8-5-9-17-29)37(48)42-32(22-21-27-13-6-4-7-14-27)36(47)41-31-20-12-18-28-15-10-11-19-30(28)31/h4,6-7,10-11,13-15,19,29,31-33,43H,5,8-9,12,16-18,20-26H2,1-3H3,(H,40,45)(H,41,47)(H,42,48)(H,44,46)/t31-,32?,33?/m1/s1. The fourth-order valence-corrected chi connectivity index (χ4v) is 7.04. The molecule has 1 saturated heterocycles. The molecule has 266 valence electrons. The zero-order chi connectivity index (χ0) is 34.9. The first-order chi connectivity index (χ1) is 23.5. The molecule has 1 saturated carbocycles. The first-order valence-electron chi connectivity index (χ1n) is 18.2. The summed E-state index contributed by atoms with van der Waals surface area (Å²) in [6.45, 7) is 6.88. The summed E-state index contributed by atoms with van der Waals surface area (Å²) in [6, 6.07) is 16.1. The van der Waals surface area contributed by atoms with Crippen LogP contribution in [0.2, 0.25) is 0 Å². The summed E-state index contributed by atoms with van der Waals surface area (Å²) in [7, 11) is 0. The van der Waals surface area contributed by atoms with Gasteiger partial charge in [-0.05, 0) is 67.1 Å². The van der Waals surface area contributed by atoms with Gasteiger partial charge in [-0.2, -0.15) is 0 Å². The average molecular weight is 674 g/mol. The fraction of sp³-hybridized carbons (Fsp3) is 0.590. The van der Waals surface area contributed by atoms with Gasteiger partial charge in [-0.15, -0.1) is 0 Å². The van der Waals surface area contributed by atoms with Crippen LogP contribution in [0, 0.1) is 11.3 Å². The highest BCUT2D eigenvalue weighted by molar-refractivity contribution is 5.93. The lowest BCUT2D eigenvalue weighted by Gasteiger charge is -2.45. The summed E-state index contributed by atoms with van der Waals surface area (Å²) >= 11 is 0. The maximum Gasteiger partial charge on any atom is 0.243 e. The highest BCUT2D eigenvalue weighted by Crippen LogP contribution is 2.30. The second kappa shape index (κ2) is 16.8. The number of ether oxygens (including phenoxy) is 1. The van der Waals surface area contributed by atoms with Gasteiger partial charge in [0.2, 0.25) is 23.6 Å². The number of hydrogen-bond acceptors (Lipinski definition) is 6. The molecule has 3 aliphatic rings. The zero-order valence-electron chi connectivity index (χ0n) is 29.4. The Morgan fingerprint density at radius 2 is 1.57 bits per heavy atom. The lowest BCUT2D eigenvalue weighted by atomic mass is 9.87. The Balaban J connectivity index is 1.34. The summed E-state index contributed by atoms with van der Waals surface area (Å²) in [4.78, 5) is 54.8. The van der Waals surface area contributed by atoms with Crippen LogP contribution < -0.4 is 26.6 Å². The Morgan fingerprint density at radius 1 is 0.857 bits per heavy atom. The van der Waals surface area contributed by atoms with Gasteiger partial charge in [0.05, 0.1) is 31.7 Å². The molecule has 0 bridgehead atoms. The maximum absolute atomic E-state index is 14.2. The molecule has 2 fully saturated rings. The number of hydrogen-bond donors (Lipinski definition) is 5. The topological polar surface area (TPSA) is 138 Å². The van der Waals surface area contributed by atoms with Crippen molar-refractivity contribution in [2.45, 2.75) is 115 Å². The van der Waals surface area contributed by atoms with Crippen molar-refractivity contribution < 1.29 is 23.9 Å². The molecule has 2 aliphatic carbocycles. The van der Waals surface area contributed by atoms with Crippen molar-refractivity contribution in [3.63, 3.8) is 0 Å². The molecule has 1 heterocycles. The van der Waals surface area contributed by atoms with E-state index >= 15 is 0 Å². The van der Waals surface area contributed by atoms with Crippen LogP contribution in [0.4, 0.5) is 0 Å². The highest BCUT2D eigenvalue weighted by atomic mass is 16.5. The molecule has 10 heteroatoms. The quantitative estimate of drug-likeness (QED) is 0.191. The van der Waals surface area contributed by atoms with Crippen LogP contribution >= 0.6 is 0 Å². The highest BCUT2D eigenvalue weighted by Gasteiger charge is 2.45. The monoisotopic (exact) mass is 673 g/mol. The number of amides is 4. The van der Waals surface area contributed by atoms with Gasteiger partial charge in [0.1, 0.15) is 11.7 Å². The Labute approximate surface area is 291 Å². The molecule has 0 spiro atoms. The first kappa shape index (κ1) is 36.5. The van der Waals surface area contributed by atoms with E-state index in [2.05, 4.69) is 38.7 Å². The summed E-state index contributed by atoms with van der Waals surface area (Å²) < 4.78 is 5.55. The molecule has 5 N–H and O–H groups in total. The fourth-order valence-electron chi connectivity index (χ4n) is 7.04. The van der Waals surface area contributed by atoms with Crippen molar-refractivity contribution in [1.29, 1.82) is 0 Å². The van der Waals surface area contributed by atoms with Gasteiger partial charge in [-0.1, -0.05) is 94.6 Å². The molecule has 0 radical (unpaired) electrons. The van der Waals surface area contributed by atoms with E-state index in [1.807, 2.05) is 63.2 Å². The molecule has 0 aromatic heterocycles. The van der Waals surface area contributed by atoms with E-state index < -0.39 is 23.7 Å². The minimum atomic E-state index is -1.02. The number of carbonyl (C=O) groups is 4. The van der Waals surface area contributed by atoms with E-state index in [1.54, 1.807) is 0 Å². The van der Waals surface area contributed by atoms with Gasteiger partial charge < -0.3 is 26.0 Å². The van der Waals surface area contributed by atoms with Gasteiger partial charge in [-0.3, -0.25) is 24.5 Å². The molecule has 2 unspecified atom stereocenters. The van der Waals surface area contributed by atoms with Crippen molar-refractivity contribution in [2.75, 3.05) is 19.8 Å². The minimum Gasteiger partial charge on any atom is -0.374 e. The lowest BCUT2D eigenvalue weighted by Crippen LogP contribution is -2.74. The van der Waals surface area contributed by atoms with Crippen molar-refractivity contribution >= 4 is 23.6 Å². The Kier molecular flexibility index (Phi) is 12.5. The zero-order valence-corrected chi connectivity index (χ0v) is 29.4. The van der Waals surface area contributed by atoms with Crippen LogP contribution in [0.3, 0.4) is 0 Å². The Hall–Kier alpha value is -3.76. The molecule has 3 atom stereocenters. The maximum atomic E-state index is 14.2. The van der Waals surface area contributed by atoms with Crippen molar-refractivity contribution in [2.24, 2.45) is 11.3 Å². The van der Waals surface area contributed by atoms with E-state index in [0.717, 1.165) is 62.5 Å². The van der Waals surface area contributed by atoms with Crippen LogP contribution in [-0.2, 0) is 36.8 Å². The smallest absolute Gasteiger partial charge is 0.243 e. The third-order valence-corrected chi connectivity index (χ3v) is 9.89. The number of benzene rings is 2. The van der Waals surface area contributed by atoms with Crippen molar-refractivity contribution in [1.82, 2.24) is 26.6 Å². The number of nitrogens with one attached hydrogen (secondary N) is 5. The number of rotatable bonds is 14. The van der Waals surface area contributed by atoms with Gasteiger partial charge in [0.15, 0.2) is 0 Å². The van der Waals surface area contributed by atoms with Gasteiger partial charge >= 0.3 is 0 Å². The van der Waals surface area contributed by atoms with Crippen molar-refractivity contribution in [3.05, 3.63) is 71.3 Å². The molecule has 10 nitrogen and oxygen atoms in total. The molecule has 1 aliphatic heterocycles. The predicted octanol–water partition coefficient (Wildman–Crippen LogP) is 4.23. The SMILES string of the molecule is CC(C)(C)CNC(=O)CC(NC1(NC(=O)C2CCCCC2)COC1)C(=O)NC(CCc1ccccc1)C(=O)N[C@@H]1CCCc2ccccc21. The van der Waals surface area contributed by atoms with Crippen LogP contribution in [0.5, 0.6) is 0 Å². The second-order valence-corrected chi connectivity index (χ2v) is 15.4. The largest absolute Gasteiger partial charge is 0.374 e. The van der Waals surface area contributed by atoms with E-state index in [-0.39, 0.29) is 54.7 Å². The van der Waals surface area contributed by atoms with Crippen LogP contribution in [-0.4, -0.2) is 61.1 Å². The summed E-state index contributed by atoms with van der Waals surface area (Å²) in [5, 5.41) is 15.7. The molecule has 2 aromatic carbocycles. The molecule has 49 heavy (non-hydrogen) atoms. The first-order valence-corrected chi connectivity index (χ1v) is 18.2. The van der Waals surface area contributed by atoms with Gasteiger partial charge in [0.25, 0.3) is 0 Å². The van der Waals surface area contributed by atoms with E-state index in [1.165, 1.54) is 5.56 Å². The van der Waals surface area contributed by atoms with E-state index in [9.17, 15) is 19.2 Å². The molecular weight excluding hydrogens is 618 g/mol. The summed E-state index contributed by atoms with van der Waals surface area (Å²) in [5.41, 5.74) is 2.29. The number of carbonyl (C=O) groups excluding carboxylic acids is 4. The predicted molar refractivity (Wildman–Crippen MR) is 189 cm³/mol. The normalized spacial score (nSPS) is 20.1. The molecule has 2 aromatic rings. The van der Waals surface area contributed by atoms with Crippen LogP contribution in [0.15, 0.2) is 54.6 Å².